The summed E-state index contributed by atoms with van der Waals surface area (Å²) in [6.45, 7) is 2.43. The molecular formula is C17H23FN4O3. The van der Waals surface area contributed by atoms with E-state index in [-0.39, 0.29) is 29.7 Å². The molecule has 2 fully saturated rings. The molecule has 0 aromatic heterocycles. The Bertz CT molecular complexity index is 657. The van der Waals surface area contributed by atoms with E-state index in [2.05, 4.69) is 5.32 Å². The maximum atomic E-state index is 13.7. The number of amides is 3. The van der Waals surface area contributed by atoms with Crippen molar-refractivity contribution in [1.82, 2.24) is 4.90 Å². The highest BCUT2D eigenvalue weighted by Crippen LogP contribution is 2.32. The Balaban J connectivity index is 1.67. The average Bonchev–Trinajstić information content (AvgIpc) is 2.55. The van der Waals surface area contributed by atoms with Crippen LogP contribution in [0.3, 0.4) is 0 Å². The van der Waals surface area contributed by atoms with Gasteiger partial charge < -0.3 is 25.6 Å². The van der Waals surface area contributed by atoms with E-state index in [0.29, 0.717) is 50.5 Å². The van der Waals surface area contributed by atoms with E-state index in [9.17, 15) is 14.0 Å². The fraction of sp³-hybridized carbons (Fsp3) is 0.529. The normalized spacial score (nSPS) is 22.9. The highest BCUT2D eigenvalue weighted by atomic mass is 19.1. The summed E-state index contributed by atoms with van der Waals surface area (Å²) in [6.07, 6.45) is 1.16. The molecule has 1 heterocycles. The lowest BCUT2D eigenvalue weighted by molar-refractivity contribution is -0.125. The molecule has 2 aliphatic rings. The number of carbonyl (C=O) groups is 2. The zero-order valence-electron chi connectivity index (χ0n) is 14.2. The number of anilines is 2. The molecule has 1 aliphatic heterocycles. The molecule has 0 radical (unpaired) electrons. The summed E-state index contributed by atoms with van der Waals surface area (Å²) in [5.41, 5.74) is 6.48. The quantitative estimate of drug-likeness (QED) is 0.859. The molecule has 1 saturated carbocycles. The van der Waals surface area contributed by atoms with Crippen molar-refractivity contribution in [3.8, 4) is 0 Å². The van der Waals surface area contributed by atoms with Crippen LogP contribution in [0.1, 0.15) is 12.8 Å². The van der Waals surface area contributed by atoms with Gasteiger partial charge in [0.1, 0.15) is 5.82 Å². The standard InChI is InChI=1S/C17H23FN4O3/c1-21(13-8-11(9-13)16(19)23)17(24)20-14-3-2-12(18)10-15(14)22-4-6-25-7-5-22/h2-3,10-11,13H,4-9H2,1H3,(H2,19,23)(H,20,24). The van der Waals surface area contributed by atoms with Gasteiger partial charge in [-0.25, -0.2) is 9.18 Å². The van der Waals surface area contributed by atoms with Crippen molar-refractivity contribution in [3.63, 3.8) is 0 Å². The molecule has 3 N–H and O–H groups in total. The van der Waals surface area contributed by atoms with E-state index < -0.39 is 0 Å². The van der Waals surface area contributed by atoms with Crippen LogP contribution in [-0.4, -0.2) is 56.2 Å². The first-order valence-electron chi connectivity index (χ1n) is 8.41. The van der Waals surface area contributed by atoms with Crippen molar-refractivity contribution >= 4 is 23.3 Å². The molecule has 3 amide bonds. The number of hydrogen-bond donors (Lipinski definition) is 2. The molecule has 1 aromatic carbocycles. The van der Waals surface area contributed by atoms with Crippen LogP contribution >= 0.6 is 0 Å². The highest BCUT2D eigenvalue weighted by molar-refractivity contribution is 5.93. The van der Waals surface area contributed by atoms with Gasteiger partial charge in [-0.2, -0.15) is 0 Å². The van der Waals surface area contributed by atoms with E-state index in [1.54, 1.807) is 18.0 Å². The van der Waals surface area contributed by atoms with Crippen LogP contribution in [0.4, 0.5) is 20.6 Å². The van der Waals surface area contributed by atoms with E-state index >= 15 is 0 Å². The zero-order valence-corrected chi connectivity index (χ0v) is 14.2. The van der Waals surface area contributed by atoms with Crippen LogP contribution in [0.15, 0.2) is 18.2 Å². The number of ether oxygens (including phenoxy) is 1. The van der Waals surface area contributed by atoms with Crippen molar-refractivity contribution < 1.29 is 18.7 Å². The van der Waals surface area contributed by atoms with Crippen LogP contribution in [0.2, 0.25) is 0 Å². The van der Waals surface area contributed by atoms with Gasteiger partial charge in [0.05, 0.1) is 24.6 Å². The number of halogens is 1. The van der Waals surface area contributed by atoms with Crippen molar-refractivity contribution in [2.75, 3.05) is 43.6 Å². The molecule has 1 saturated heterocycles. The van der Waals surface area contributed by atoms with Crippen molar-refractivity contribution in [2.45, 2.75) is 18.9 Å². The first-order chi connectivity index (χ1) is 12.0. The van der Waals surface area contributed by atoms with E-state index in [1.807, 2.05) is 4.90 Å². The first kappa shape index (κ1) is 17.5. The lowest BCUT2D eigenvalue weighted by atomic mass is 9.79. The first-order valence-corrected chi connectivity index (χ1v) is 8.41. The molecule has 0 unspecified atom stereocenters. The molecule has 1 aliphatic carbocycles. The van der Waals surface area contributed by atoms with Crippen LogP contribution in [-0.2, 0) is 9.53 Å². The Kier molecular flexibility index (Phi) is 5.08. The number of carbonyl (C=O) groups excluding carboxylic acids is 2. The second kappa shape index (κ2) is 7.26. The Morgan fingerprint density at radius 2 is 2.00 bits per heavy atom. The summed E-state index contributed by atoms with van der Waals surface area (Å²) in [5, 5.41) is 2.85. The fourth-order valence-corrected chi connectivity index (χ4v) is 3.18. The van der Waals surface area contributed by atoms with Gasteiger partial charge in [-0.15, -0.1) is 0 Å². The maximum absolute atomic E-state index is 13.7. The molecular weight excluding hydrogens is 327 g/mol. The predicted molar refractivity (Wildman–Crippen MR) is 91.9 cm³/mol. The van der Waals surface area contributed by atoms with E-state index in [0.717, 1.165) is 0 Å². The summed E-state index contributed by atoms with van der Waals surface area (Å²) in [5.74, 6) is -0.829. The molecule has 0 spiro atoms. The number of hydrogen-bond acceptors (Lipinski definition) is 4. The van der Waals surface area contributed by atoms with Gasteiger partial charge in [-0.05, 0) is 31.0 Å². The Morgan fingerprint density at radius 1 is 1.32 bits per heavy atom. The molecule has 8 heteroatoms. The number of nitrogens with zero attached hydrogens (tertiary/aromatic N) is 2. The van der Waals surface area contributed by atoms with Gasteiger partial charge in [-0.1, -0.05) is 0 Å². The predicted octanol–water partition coefficient (Wildman–Crippen LogP) is 1.39. The minimum Gasteiger partial charge on any atom is -0.378 e. The molecule has 1 aromatic rings. The minimum atomic E-state index is -0.351. The lowest BCUT2D eigenvalue weighted by Crippen LogP contribution is -2.50. The molecule has 0 bridgehead atoms. The van der Waals surface area contributed by atoms with Crippen LogP contribution in [0.25, 0.3) is 0 Å². The molecule has 25 heavy (non-hydrogen) atoms. The number of urea groups is 1. The number of nitrogens with two attached hydrogens (primary N) is 1. The van der Waals surface area contributed by atoms with Gasteiger partial charge in [0, 0.05) is 32.1 Å². The van der Waals surface area contributed by atoms with E-state index in [4.69, 9.17) is 10.5 Å². The molecule has 7 nitrogen and oxygen atoms in total. The van der Waals surface area contributed by atoms with Gasteiger partial charge in [0.2, 0.25) is 5.91 Å². The second-order valence-electron chi connectivity index (χ2n) is 6.53. The highest BCUT2D eigenvalue weighted by Gasteiger charge is 2.37. The van der Waals surface area contributed by atoms with Crippen molar-refractivity contribution in [2.24, 2.45) is 11.7 Å². The lowest BCUT2D eigenvalue weighted by Gasteiger charge is -2.39. The van der Waals surface area contributed by atoms with Crippen molar-refractivity contribution in [3.05, 3.63) is 24.0 Å². The minimum absolute atomic E-state index is 0.00946. The number of nitrogens with one attached hydrogen (secondary N) is 1. The van der Waals surface area contributed by atoms with Crippen LogP contribution in [0.5, 0.6) is 0 Å². The third-order valence-electron chi connectivity index (χ3n) is 4.94. The van der Waals surface area contributed by atoms with E-state index in [1.165, 1.54) is 12.1 Å². The maximum Gasteiger partial charge on any atom is 0.321 e. The second-order valence-corrected chi connectivity index (χ2v) is 6.53. The van der Waals surface area contributed by atoms with Gasteiger partial charge in [0.15, 0.2) is 0 Å². The smallest absolute Gasteiger partial charge is 0.321 e. The Labute approximate surface area is 145 Å². The number of rotatable bonds is 4. The summed E-state index contributed by atoms with van der Waals surface area (Å²) < 4.78 is 19.0. The van der Waals surface area contributed by atoms with Gasteiger partial charge in [-0.3, -0.25) is 4.79 Å². The van der Waals surface area contributed by atoms with Crippen LogP contribution < -0.4 is 16.0 Å². The zero-order chi connectivity index (χ0) is 18.0. The average molecular weight is 350 g/mol. The molecule has 136 valence electrons. The largest absolute Gasteiger partial charge is 0.378 e. The monoisotopic (exact) mass is 350 g/mol. The third kappa shape index (κ3) is 3.84. The number of primary amides is 1. The SMILES string of the molecule is CN(C(=O)Nc1ccc(F)cc1N1CCOCC1)C1CC(C(N)=O)C1. The summed E-state index contributed by atoms with van der Waals surface area (Å²) >= 11 is 0. The fourth-order valence-electron chi connectivity index (χ4n) is 3.18. The van der Waals surface area contributed by atoms with Crippen molar-refractivity contribution in [1.29, 1.82) is 0 Å². The topological polar surface area (TPSA) is 87.9 Å². The Hall–Kier alpha value is -2.35. The summed E-state index contributed by atoms with van der Waals surface area (Å²) in [4.78, 5) is 27.2. The van der Waals surface area contributed by atoms with Crippen LogP contribution in [0, 0.1) is 11.7 Å². The summed E-state index contributed by atoms with van der Waals surface area (Å²) in [7, 11) is 1.69. The Morgan fingerprint density at radius 3 is 2.64 bits per heavy atom. The number of morpholine rings is 1. The molecule has 3 rings (SSSR count). The number of benzene rings is 1. The third-order valence-corrected chi connectivity index (χ3v) is 4.94. The molecule has 0 atom stereocenters. The van der Waals surface area contributed by atoms with Gasteiger partial charge >= 0.3 is 6.03 Å². The summed E-state index contributed by atoms with van der Waals surface area (Å²) in [6, 6.07) is 4.02. The van der Waals surface area contributed by atoms with Gasteiger partial charge in [0.25, 0.3) is 0 Å².